The zero-order chi connectivity index (χ0) is 21.8. The minimum Gasteiger partial charge on any atom is -0.325 e. The predicted molar refractivity (Wildman–Crippen MR) is 125 cm³/mol. The Morgan fingerprint density at radius 2 is 1.70 bits per heavy atom. The Hall–Kier alpha value is -2.60. The molecule has 1 N–H and O–H groups in total. The highest BCUT2D eigenvalue weighted by Gasteiger charge is 2.17. The van der Waals surface area contributed by atoms with Crippen LogP contribution in [0, 0.1) is 13.8 Å². The quantitative estimate of drug-likeness (QED) is 0.484. The van der Waals surface area contributed by atoms with Crippen LogP contribution in [0.15, 0.2) is 47.9 Å². The van der Waals surface area contributed by atoms with Crippen molar-refractivity contribution in [3.8, 4) is 5.69 Å². The molecule has 0 saturated heterocycles. The van der Waals surface area contributed by atoms with Crippen molar-refractivity contribution in [2.75, 3.05) is 11.1 Å². The number of rotatable bonds is 7. The van der Waals surface area contributed by atoms with Gasteiger partial charge in [0.05, 0.1) is 5.75 Å². The van der Waals surface area contributed by atoms with E-state index in [-0.39, 0.29) is 11.7 Å². The number of hydrogen-bond donors (Lipinski definition) is 1. The molecule has 0 aliphatic carbocycles. The Balaban J connectivity index is 1.76. The molecule has 158 valence electrons. The van der Waals surface area contributed by atoms with Crippen LogP contribution in [0.4, 0.5) is 5.69 Å². The number of carbonyl (C=O) groups excluding carboxylic acids is 1. The number of aromatic nitrogens is 3. The molecule has 0 aliphatic heterocycles. The number of nitrogens with one attached hydrogen (secondary N) is 1. The second-order valence-corrected chi connectivity index (χ2v) is 9.15. The summed E-state index contributed by atoms with van der Waals surface area (Å²) in [5.41, 5.74) is 6.73. The largest absolute Gasteiger partial charge is 0.325 e. The van der Waals surface area contributed by atoms with Gasteiger partial charge in [-0.3, -0.25) is 9.36 Å². The third-order valence-corrected chi connectivity index (χ3v) is 6.20. The van der Waals surface area contributed by atoms with E-state index in [0.717, 1.165) is 22.5 Å². The number of thioether (sulfide) groups is 1. The molecule has 0 spiro atoms. The van der Waals surface area contributed by atoms with Gasteiger partial charge >= 0.3 is 0 Å². The van der Waals surface area contributed by atoms with Gasteiger partial charge in [-0.1, -0.05) is 63.7 Å². The lowest BCUT2D eigenvalue weighted by molar-refractivity contribution is -0.113. The van der Waals surface area contributed by atoms with Gasteiger partial charge in [-0.15, -0.1) is 10.2 Å². The fourth-order valence-electron chi connectivity index (χ4n) is 3.38. The normalized spacial score (nSPS) is 11.3. The Bertz CT molecular complexity index is 1010. The molecule has 3 aromatic rings. The van der Waals surface area contributed by atoms with Crippen LogP contribution in [0.5, 0.6) is 0 Å². The lowest BCUT2D eigenvalue weighted by Gasteiger charge is -2.20. The van der Waals surface area contributed by atoms with Gasteiger partial charge in [0.1, 0.15) is 6.33 Å². The fraction of sp³-hybridized carbons (Fsp3) is 0.375. The number of para-hydroxylation sites is 1. The van der Waals surface area contributed by atoms with Gasteiger partial charge in [-0.2, -0.15) is 0 Å². The Morgan fingerprint density at radius 3 is 2.30 bits per heavy atom. The van der Waals surface area contributed by atoms with Crippen LogP contribution in [0.2, 0.25) is 0 Å². The standard InChI is InChI=1S/C24H30N4OS/c1-15(2)20-8-7-9-21(16(3)4)23(20)26-22(29)13-30-24-27-25-14-28(24)19-11-10-17(5)18(6)12-19/h7-12,14-16H,13H2,1-6H3,(H,26,29). The Kier molecular flexibility index (Phi) is 6.98. The van der Waals surface area contributed by atoms with Crippen LogP contribution < -0.4 is 5.32 Å². The lowest BCUT2D eigenvalue weighted by Crippen LogP contribution is -2.18. The SMILES string of the molecule is Cc1ccc(-n2cnnc2SCC(=O)Nc2c(C(C)C)cccc2C(C)C)cc1C. The summed E-state index contributed by atoms with van der Waals surface area (Å²) in [5.74, 6) is 0.900. The topological polar surface area (TPSA) is 59.8 Å². The molecule has 0 saturated carbocycles. The van der Waals surface area contributed by atoms with E-state index in [9.17, 15) is 4.79 Å². The molecule has 5 nitrogen and oxygen atoms in total. The molecule has 30 heavy (non-hydrogen) atoms. The highest BCUT2D eigenvalue weighted by molar-refractivity contribution is 7.99. The van der Waals surface area contributed by atoms with E-state index in [2.05, 4.69) is 87.4 Å². The fourth-order valence-corrected chi connectivity index (χ4v) is 4.11. The third-order valence-electron chi connectivity index (χ3n) is 5.25. The molecule has 0 fully saturated rings. The van der Waals surface area contributed by atoms with Crippen molar-refractivity contribution < 1.29 is 4.79 Å². The van der Waals surface area contributed by atoms with Crippen LogP contribution in [-0.4, -0.2) is 26.4 Å². The first-order valence-corrected chi connectivity index (χ1v) is 11.3. The van der Waals surface area contributed by atoms with Gasteiger partial charge in [0.2, 0.25) is 5.91 Å². The zero-order valence-electron chi connectivity index (χ0n) is 18.6. The van der Waals surface area contributed by atoms with Crippen molar-refractivity contribution in [1.29, 1.82) is 0 Å². The Labute approximate surface area is 183 Å². The van der Waals surface area contributed by atoms with Crippen LogP contribution in [0.25, 0.3) is 5.69 Å². The van der Waals surface area contributed by atoms with Gasteiger partial charge < -0.3 is 5.32 Å². The molecule has 6 heteroatoms. The second-order valence-electron chi connectivity index (χ2n) is 8.21. The number of aryl methyl sites for hydroxylation is 2. The molecule has 1 aromatic heterocycles. The molecule has 1 heterocycles. The van der Waals surface area contributed by atoms with Gasteiger partial charge in [0.15, 0.2) is 5.16 Å². The van der Waals surface area contributed by atoms with Crippen molar-refractivity contribution in [3.05, 3.63) is 65.0 Å². The number of nitrogens with zero attached hydrogens (tertiary/aromatic N) is 3. The Morgan fingerprint density at radius 1 is 1.03 bits per heavy atom. The summed E-state index contributed by atoms with van der Waals surface area (Å²) in [6.07, 6.45) is 1.69. The van der Waals surface area contributed by atoms with E-state index in [1.807, 2.05) is 10.6 Å². The molecule has 3 rings (SSSR count). The molecule has 0 aliphatic rings. The number of benzene rings is 2. The highest BCUT2D eigenvalue weighted by Crippen LogP contribution is 2.32. The van der Waals surface area contributed by atoms with E-state index >= 15 is 0 Å². The molecular formula is C24H30N4OS. The first kappa shape index (κ1) is 22.1. The summed E-state index contributed by atoms with van der Waals surface area (Å²) in [7, 11) is 0. The summed E-state index contributed by atoms with van der Waals surface area (Å²) in [5, 5.41) is 12.1. The van der Waals surface area contributed by atoms with Crippen LogP contribution in [0.1, 0.15) is 61.8 Å². The summed E-state index contributed by atoms with van der Waals surface area (Å²) in [6.45, 7) is 12.8. The van der Waals surface area contributed by atoms with Crippen LogP contribution in [0.3, 0.4) is 0 Å². The lowest BCUT2D eigenvalue weighted by atomic mass is 9.92. The van der Waals surface area contributed by atoms with E-state index < -0.39 is 0 Å². The molecule has 0 radical (unpaired) electrons. The van der Waals surface area contributed by atoms with Crippen molar-refractivity contribution in [2.45, 2.75) is 58.5 Å². The molecule has 0 unspecified atom stereocenters. The third kappa shape index (κ3) is 4.93. The number of hydrogen-bond acceptors (Lipinski definition) is 4. The number of carbonyl (C=O) groups is 1. The first-order chi connectivity index (χ1) is 14.3. The second kappa shape index (κ2) is 9.47. The van der Waals surface area contributed by atoms with Crippen molar-refractivity contribution in [1.82, 2.24) is 14.8 Å². The molecule has 0 bridgehead atoms. The monoisotopic (exact) mass is 422 g/mol. The smallest absolute Gasteiger partial charge is 0.234 e. The highest BCUT2D eigenvalue weighted by atomic mass is 32.2. The molecule has 1 amide bonds. The van der Waals surface area contributed by atoms with Gasteiger partial charge in [0.25, 0.3) is 0 Å². The van der Waals surface area contributed by atoms with Crippen molar-refractivity contribution in [2.24, 2.45) is 0 Å². The summed E-state index contributed by atoms with van der Waals surface area (Å²) < 4.78 is 1.92. The van der Waals surface area contributed by atoms with Crippen LogP contribution >= 0.6 is 11.8 Å². The average Bonchev–Trinajstić information content (AvgIpc) is 3.17. The molecular weight excluding hydrogens is 392 g/mol. The van der Waals surface area contributed by atoms with Gasteiger partial charge in [0, 0.05) is 11.4 Å². The van der Waals surface area contributed by atoms with E-state index in [1.165, 1.54) is 22.9 Å². The van der Waals surface area contributed by atoms with E-state index in [0.29, 0.717) is 17.0 Å². The van der Waals surface area contributed by atoms with E-state index in [1.54, 1.807) is 6.33 Å². The van der Waals surface area contributed by atoms with Gasteiger partial charge in [-0.05, 0) is 60.1 Å². The average molecular weight is 423 g/mol. The maximum Gasteiger partial charge on any atom is 0.234 e. The predicted octanol–water partition coefficient (Wildman–Crippen LogP) is 5.86. The van der Waals surface area contributed by atoms with Crippen LogP contribution in [-0.2, 0) is 4.79 Å². The van der Waals surface area contributed by atoms with Gasteiger partial charge in [-0.25, -0.2) is 0 Å². The van der Waals surface area contributed by atoms with Crippen molar-refractivity contribution >= 4 is 23.4 Å². The number of anilines is 1. The molecule has 2 aromatic carbocycles. The maximum atomic E-state index is 12.8. The summed E-state index contributed by atoms with van der Waals surface area (Å²) >= 11 is 1.39. The minimum absolute atomic E-state index is 0.0374. The van der Waals surface area contributed by atoms with E-state index in [4.69, 9.17) is 0 Å². The zero-order valence-corrected chi connectivity index (χ0v) is 19.4. The minimum atomic E-state index is -0.0374. The number of amides is 1. The summed E-state index contributed by atoms with van der Waals surface area (Å²) in [6, 6.07) is 12.5. The molecule has 0 atom stereocenters. The first-order valence-electron chi connectivity index (χ1n) is 10.3. The maximum absolute atomic E-state index is 12.8. The van der Waals surface area contributed by atoms with Crippen molar-refractivity contribution in [3.63, 3.8) is 0 Å². The summed E-state index contributed by atoms with van der Waals surface area (Å²) in [4.78, 5) is 12.8.